The van der Waals surface area contributed by atoms with Crippen molar-refractivity contribution in [1.29, 1.82) is 0 Å². The van der Waals surface area contributed by atoms with Crippen LogP contribution in [0, 0.1) is 0 Å². The number of rotatable bonds is 5. The summed E-state index contributed by atoms with van der Waals surface area (Å²) >= 11 is 1.25. The Balaban J connectivity index is 2.01. The molecular formula is C12H21N3OS. The molecule has 0 aliphatic carbocycles. The molecule has 1 aliphatic rings. The van der Waals surface area contributed by atoms with Crippen LogP contribution in [0.25, 0.3) is 0 Å². The van der Waals surface area contributed by atoms with Crippen molar-refractivity contribution in [3.63, 3.8) is 0 Å². The lowest BCUT2D eigenvalue weighted by molar-refractivity contribution is 0.299. The van der Waals surface area contributed by atoms with Gasteiger partial charge in [0.2, 0.25) is 5.82 Å². The van der Waals surface area contributed by atoms with E-state index >= 15 is 0 Å². The van der Waals surface area contributed by atoms with Crippen molar-refractivity contribution in [2.75, 3.05) is 18.1 Å². The van der Waals surface area contributed by atoms with Gasteiger partial charge in [-0.15, -0.1) is 4.37 Å². The molecule has 1 aromatic heterocycles. The minimum Gasteiger partial charge on any atom is -0.474 e. The van der Waals surface area contributed by atoms with E-state index < -0.39 is 0 Å². The maximum absolute atomic E-state index is 5.71. The van der Waals surface area contributed by atoms with Gasteiger partial charge in [-0.05, 0) is 32.6 Å². The average molecular weight is 255 g/mol. The normalized spacial score (nSPS) is 20.6. The molecular weight excluding hydrogens is 234 g/mol. The molecule has 0 amide bonds. The van der Waals surface area contributed by atoms with E-state index in [-0.39, 0.29) is 0 Å². The van der Waals surface area contributed by atoms with E-state index in [4.69, 9.17) is 4.74 Å². The zero-order valence-electron chi connectivity index (χ0n) is 10.7. The van der Waals surface area contributed by atoms with E-state index in [0.717, 1.165) is 37.7 Å². The summed E-state index contributed by atoms with van der Waals surface area (Å²) in [5, 5.41) is 0. The first-order valence-electron chi connectivity index (χ1n) is 6.55. The maximum Gasteiger partial charge on any atom is 0.270 e. The first kappa shape index (κ1) is 12.6. The molecule has 0 radical (unpaired) electrons. The summed E-state index contributed by atoms with van der Waals surface area (Å²) in [4.78, 5) is 2.34. The number of hydrogen-bond donors (Lipinski definition) is 0. The van der Waals surface area contributed by atoms with Crippen LogP contribution in [0.15, 0.2) is 0 Å². The van der Waals surface area contributed by atoms with Gasteiger partial charge in [-0.3, -0.25) is 0 Å². The van der Waals surface area contributed by atoms with Crippen LogP contribution in [0.2, 0.25) is 0 Å². The Kier molecular flexibility index (Phi) is 4.59. The Morgan fingerprint density at radius 1 is 1.41 bits per heavy atom. The molecule has 1 atom stereocenters. The van der Waals surface area contributed by atoms with Gasteiger partial charge in [0, 0.05) is 12.6 Å². The van der Waals surface area contributed by atoms with Crippen LogP contribution >= 0.6 is 11.7 Å². The van der Waals surface area contributed by atoms with Gasteiger partial charge < -0.3 is 9.64 Å². The Labute approximate surface area is 107 Å². The monoisotopic (exact) mass is 255 g/mol. The van der Waals surface area contributed by atoms with Gasteiger partial charge in [0.05, 0.1) is 18.3 Å². The second-order valence-corrected chi connectivity index (χ2v) is 5.16. The summed E-state index contributed by atoms with van der Waals surface area (Å²) in [5.74, 6) is 1.69. The standard InChI is InChI=1S/C12H21N3OS/c1-3-4-9-16-12-11(13-17-14-12)15-8-6-5-7-10(15)2/h10H,3-9H2,1-2H3. The molecule has 2 heterocycles. The van der Waals surface area contributed by atoms with Crippen molar-refractivity contribution in [3.05, 3.63) is 0 Å². The highest BCUT2D eigenvalue weighted by atomic mass is 32.1. The fourth-order valence-electron chi connectivity index (χ4n) is 2.17. The molecule has 4 nitrogen and oxygen atoms in total. The SMILES string of the molecule is CCCCOc1nsnc1N1CCCCC1C. The Morgan fingerprint density at radius 2 is 2.29 bits per heavy atom. The van der Waals surface area contributed by atoms with E-state index in [0.29, 0.717) is 6.04 Å². The van der Waals surface area contributed by atoms with E-state index in [1.54, 1.807) is 0 Å². The van der Waals surface area contributed by atoms with Crippen molar-refractivity contribution in [2.24, 2.45) is 0 Å². The highest BCUT2D eigenvalue weighted by Gasteiger charge is 2.24. The first-order valence-corrected chi connectivity index (χ1v) is 7.28. The van der Waals surface area contributed by atoms with Crippen LogP contribution in [0.3, 0.4) is 0 Å². The number of unbranched alkanes of at least 4 members (excludes halogenated alkanes) is 1. The van der Waals surface area contributed by atoms with Crippen LogP contribution in [0.4, 0.5) is 5.82 Å². The molecule has 0 bridgehead atoms. The molecule has 0 spiro atoms. The maximum atomic E-state index is 5.71. The fourth-order valence-corrected chi connectivity index (χ4v) is 2.68. The van der Waals surface area contributed by atoms with E-state index in [1.807, 2.05) is 0 Å². The topological polar surface area (TPSA) is 38.3 Å². The number of piperidine rings is 1. The van der Waals surface area contributed by atoms with E-state index in [2.05, 4.69) is 27.5 Å². The second-order valence-electron chi connectivity index (χ2n) is 4.63. The fraction of sp³-hybridized carbons (Fsp3) is 0.833. The molecule has 0 saturated carbocycles. The molecule has 1 unspecified atom stereocenters. The number of aromatic nitrogens is 2. The Bertz CT molecular complexity index is 342. The zero-order chi connectivity index (χ0) is 12.1. The van der Waals surface area contributed by atoms with Crippen LogP contribution in [0.5, 0.6) is 5.88 Å². The zero-order valence-corrected chi connectivity index (χ0v) is 11.5. The predicted molar refractivity (Wildman–Crippen MR) is 71.0 cm³/mol. The molecule has 2 rings (SSSR count). The summed E-state index contributed by atoms with van der Waals surface area (Å²) < 4.78 is 14.4. The van der Waals surface area contributed by atoms with Crippen molar-refractivity contribution in [3.8, 4) is 5.88 Å². The van der Waals surface area contributed by atoms with E-state index in [9.17, 15) is 0 Å². The molecule has 0 aromatic carbocycles. The van der Waals surface area contributed by atoms with Gasteiger partial charge in [-0.2, -0.15) is 4.37 Å². The molecule has 5 heteroatoms. The smallest absolute Gasteiger partial charge is 0.270 e. The van der Waals surface area contributed by atoms with Crippen molar-refractivity contribution in [2.45, 2.75) is 52.0 Å². The molecule has 0 N–H and O–H groups in total. The lowest BCUT2D eigenvalue weighted by atomic mass is 10.0. The van der Waals surface area contributed by atoms with E-state index in [1.165, 1.54) is 31.0 Å². The van der Waals surface area contributed by atoms with Gasteiger partial charge in [0.15, 0.2) is 0 Å². The second kappa shape index (κ2) is 6.19. The third-order valence-corrected chi connectivity index (χ3v) is 3.76. The minimum atomic E-state index is 0.557. The largest absolute Gasteiger partial charge is 0.474 e. The predicted octanol–water partition coefficient (Wildman–Crippen LogP) is 3.10. The lowest BCUT2D eigenvalue weighted by Gasteiger charge is -2.33. The lowest BCUT2D eigenvalue weighted by Crippen LogP contribution is -2.37. The Morgan fingerprint density at radius 3 is 3.06 bits per heavy atom. The quantitative estimate of drug-likeness (QED) is 0.758. The molecule has 1 fully saturated rings. The van der Waals surface area contributed by atoms with Gasteiger partial charge in [0.1, 0.15) is 0 Å². The number of ether oxygens (including phenoxy) is 1. The highest BCUT2D eigenvalue weighted by Crippen LogP contribution is 2.31. The molecule has 96 valence electrons. The minimum absolute atomic E-state index is 0.557. The summed E-state index contributed by atoms with van der Waals surface area (Å²) in [6.07, 6.45) is 6.03. The van der Waals surface area contributed by atoms with Crippen LogP contribution in [-0.2, 0) is 0 Å². The number of anilines is 1. The Hall–Kier alpha value is -0.840. The van der Waals surface area contributed by atoms with Gasteiger partial charge >= 0.3 is 0 Å². The number of hydrogen-bond acceptors (Lipinski definition) is 5. The van der Waals surface area contributed by atoms with Gasteiger partial charge in [-0.1, -0.05) is 13.3 Å². The third-order valence-electron chi connectivity index (χ3n) is 3.25. The van der Waals surface area contributed by atoms with Crippen LogP contribution in [0.1, 0.15) is 46.0 Å². The summed E-state index contributed by atoms with van der Waals surface area (Å²) in [5.41, 5.74) is 0. The summed E-state index contributed by atoms with van der Waals surface area (Å²) in [7, 11) is 0. The molecule has 17 heavy (non-hydrogen) atoms. The van der Waals surface area contributed by atoms with Crippen molar-refractivity contribution >= 4 is 17.5 Å². The molecule has 1 aliphatic heterocycles. The highest BCUT2D eigenvalue weighted by molar-refractivity contribution is 6.99. The molecule has 1 aromatic rings. The van der Waals surface area contributed by atoms with Crippen LogP contribution < -0.4 is 9.64 Å². The van der Waals surface area contributed by atoms with Gasteiger partial charge in [-0.25, -0.2) is 0 Å². The number of nitrogens with zero attached hydrogens (tertiary/aromatic N) is 3. The van der Waals surface area contributed by atoms with Gasteiger partial charge in [0.25, 0.3) is 5.88 Å². The summed E-state index contributed by atoms with van der Waals surface area (Å²) in [6.45, 7) is 6.25. The molecule has 1 saturated heterocycles. The third kappa shape index (κ3) is 3.09. The summed E-state index contributed by atoms with van der Waals surface area (Å²) in [6, 6.07) is 0.557. The van der Waals surface area contributed by atoms with Crippen molar-refractivity contribution < 1.29 is 4.74 Å². The first-order chi connectivity index (χ1) is 8.33. The van der Waals surface area contributed by atoms with Crippen molar-refractivity contribution in [1.82, 2.24) is 8.75 Å². The van der Waals surface area contributed by atoms with Crippen LogP contribution in [-0.4, -0.2) is 27.9 Å². The average Bonchev–Trinajstić information content (AvgIpc) is 2.78.